The van der Waals surface area contributed by atoms with Crippen LogP contribution in [0.15, 0.2) is 47.4 Å². The normalized spacial score (nSPS) is 15.6. The summed E-state index contributed by atoms with van der Waals surface area (Å²) < 4.78 is 0. The molecule has 1 saturated heterocycles. The zero-order valence-corrected chi connectivity index (χ0v) is 13.4. The number of benzene rings is 1. The number of halogens is 1. The predicted octanol–water partition coefficient (Wildman–Crippen LogP) is 1.99. The van der Waals surface area contributed by atoms with Gasteiger partial charge in [0.25, 0.3) is 5.91 Å². The summed E-state index contributed by atoms with van der Waals surface area (Å²) in [5.74, 6) is -0.0145. The lowest BCUT2D eigenvalue weighted by Gasteiger charge is -2.34. The average molecular weight is 332 g/mol. The van der Waals surface area contributed by atoms with Gasteiger partial charge in [-0.3, -0.25) is 14.5 Å². The third kappa shape index (κ3) is 3.81. The van der Waals surface area contributed by atoms with Crippen molar-refractivity contribution in [2.45, 2.75) is 6.54 Å². The third-order valence-corrected chi connectivity index (χ3v) is 4.35. The molecule has 6 heteroatoms. The first-order valence-corrected chi connectivity index (χ1v) is 7.95. The molecule has 1 aromatic carbocycles. The number of amides is 1. The number of carbonyl (C=O) groups excluding carboxylic acids is 1. The summed E-state index contributed by atoms with van der Waals surface area (Å²) in [6, 6.07) is 10.5. The maximum atomic E-state index is 12.5. The van der Waals surface area contributed by atoms with Crippen molar-refractivity contribution in [3.63, 3.8) is 0 Å². The number of nitrogens with zero attached hydrogens (tertiary/aromatic N) is 2. The van der Waals surface area contributed by atoms with Gasteiger partial charge < -0.3 is 9.88 Å². The van der Waals surface area contributed by atoms with Crippen molar-refractivity contribution in [2.75, 3.05) is 26.2 Å². The van der Waals surface area contributed by atoms with Crippen LogP contribution < -0.4 is 5.56 Å². The van der Waals surface area contributed by atoms with Gasteiger partial charge in [0.05, 0.1) is 10.6 Å². The van der Waals surface area contributed by atoms with E-state index in [2.05, 4.69) is 9.88 Å². The number of hydrogen-bond acceptors (Lipinski definition) is 3. The number of aromatic nitrogens is 1. The molecule has 1 N–H and O–H groups in total. The van der Waals surface area contributed by atoms with Crippen molar-refractivity contribution in [3.05, 3.63) is 69.1 Å². The summed E-state index contributed by atoms with van der Waals surface area (Å²) in [6.07, 6.45) is 1.74. The highest BCUT2D eigenvalue weighted by atomic mass is 35.5. The van der Waals surface area contributed by atoms with Crippen LogP contribution in [0.3, 0.4) is 0 Å². The monoisotopic (exact) mass is 331 g/mol. The molecule has 120 valence electrons. The minimum atomic E-state index is -0.0936. The largest absolute Gasteiger partial charge is 0.336 e. The van der Waals surface area contributed by atoms with E-state index >= 15 is 0 Å². The van der Waals surface area contributed by atoms with Gasteiger partial charge in [-0.2, -0.15) is 0 Å². The number of piperazine rings is 1. The van der Waals surface area contributed by atoms with Crippen LogP contribution in [0.4, 0.5) is 0 Å². The molecule has 0 bridgehead atoms. The van der Waals surface area contributed by atoms with Gasteiger partial charge in [-0.1, -0.05) is 29.8 Å². The van der Waals surface area contributed by atoms with Crippen molar-refractivity contribution < 1.29 is 4.79 Å². The minimum Gasteiger partial charge on any atom is -0.336 e. The number of rotatable bonds is 3. The van der Waals surface area contributed by atoms with Crippen LogP contribution in [0.5, 0.6) is 0 Å². The molecule has 1 amide bonds. The van der Waals surface area contributed by atoms with Gasteiger partial charge >= 0.3 is 0 Å². The Bertz CT molecular complexity index is 731. The molecule has 1 aromatic heterocycles. The highest BCUT2D eigenvalue weighted by molar-refractivity contribution is 6.33. The molecule has 0 radical (unpaired) electrons. The molecule has 3 rings (SSSR count). The van der Waals surface area contributed by atoms with E-state index in [1.807, 2.05) is 23.1 Å². The molecule has 1 fully saturated rings. The Morgan fingerprint density at radius 2 is 1.83 bits per heavy atom. The van der Waals surface area contributed by atoms with Gasteiger partial charge in [0.15, 0.2) is 0 Å². The van der Waals surface area contributed by atoms with Crippen LogP contribution in [-0.4, -0.2) is 46.9 Å². The van der Waals surface area contributed by atoms with Gasteiger partial charge in [-0.25, -0.2) is 0 Å². The van der Waals surface area contributed by atoms with Crippen LogP contribution in [0.2, 0.25) is 5.02 Å². The fraction of sp³-hybridized carbons (Fsp3) is 0.294. The Kier molecular flexibility index (Phi) is 4.79. The summed E-state index contributed by atoms with van der Waals surface area (Å²) in [6.45, 7) is 3.72. The highest BCUT2D eigenvalue weighted by Crippen LogP contribution is 2.18. The Balaban J connectivity index is 1.58. The van der Waals surface area contributed by atoms with Crippen LogP contribution in [0.1, 0.15) is 15.9 Å². The van der Waals surface area contributed by atoms with E-state index < -0.39 is 0 Å². The van der Waals surface area contributed by atoms with Crippen LogP contribution >= 0.6 is 11.6 Å². The smallest absolute Gasteiger partial charge is 0.255 e. The van der Waals surface area contributed by atoms with E-state index in [0.29, 0.717) is 23.7 Å². The topological polar surface area (TPSA) is 56.4 Å². The van der Waals surface area contributed by atoms with Crippen LogP contribution in [0, 0.1) is 0 Å². The lowest BCUT2D eigenvalue weighted by molar-refractivity contribution is 0.0628. The number of carbonyl (C=O) groups is 1. The summed E-state index contributed by atoms with van der Waals surface area (Å²) in [4.78, 5) is 30.4. The molecular formula is C17H18ClN3O2. The second kappa shape index (κ2) is 6.98. The number of hydrogen-bond donors (Lipinski definition) is 1. The van der Waals surface area contributed by atoms with E-state index in [1.165, 1.54) is 6.07 Å². The van der Waals surface area contributed by atoms with Crippen molar-refractivity contribution >= 4 is 17.5 Å². The summed E-state index contributed by atoms with van der Waals surface area (Å²) in [5.41, 5.74) is 1.53. The predicted molar refractivity (Wildman–Crippen MR) is 89.7 cm³/mol. The van der Waals surface area contributed by atoms with E-state index in [1.54, 1.807) is 18.3 Å². The quantitative estimate of drug-likeness (QED) is 0.935. The molecule has 0 saturated carbocycles. The van der Waals surface area contributed by atoms with E-state index in [9.17, 15) is 9.59 Å². The Hall–Kier alpha value is -2.11. The van der Waals surface area contributed by atoms with Gasteiger partial charge in [0.2, 0.25) is 5.56 Å². The molecule has 0 aliphatic carbocycles. The fourth-order valence-electron chi connectivity index (χ4n) is 2.71. The van der Waals surface area contributed by atoms with E-state index in [-0.39, 0.29) is 11.5 Å². The lowest BCUT2D eigenvalue weighted by Crippen LogP contribution is -2.48. The number of nitrogens with one attached hydrogen (secondary N) is 1. The first kappa shape index (κ1) is 15.8. The van der Waals surface area contributed by atoms with Gasteiger partial charge in [0, 0.05) is 45.0 Å². The zero-order chi connectivity index (χ0) is 16.2. The molecule has 2 heterocycles. The second-order valence-electron chi connectivity index (χ2n) is 5.61. The molecule has 0 unspecified atom stereocenters. The first-order chi connectivity index (χ1) is 11.1. The molecule has 2 aromatic rings. The third-order valence-electron chi connectivity index (χ3n) is 4.02. The van der Waals surface area contributed by atoms with Crippen LogP contribution in [0.25, 0.3) is 0 Å². The average Bonchev–Trinajstić information content (AvgIpc) is 2.57. The summed E-state index contributed by atoms with van der Waals surface area (Å²) in [5, 5.41) is 0.494. The maximum absolute atomic E-state index is 12.5. The Morgan fingerprint density at radius 3 is 2.48 bits per heavy atom. The fourth-order valence-corrected chi connectivity index (χ4v) is 2.93. The summed E-state index contributed by atoms with van der Waals surface area (Å²) in [7, 11) is 0. The van der Waals surface area contributed by atoms with Crippen LogP contribution in [-0.2, 0) is 6.54 Å². The van der Waals surface area contributed by atoms with E-state index in [4.69, 9.17) is 11.6 Å². The van der Waals surface area contributed by atoms with E-state index in [0.717, 1.165) is 25.2 Å². The SMILES string of the molecule is O=C(c1ccccc1Cl)N1CCN(Cc2ccc(=O)[nH]c2)CC1. The van der Waals surface area contributed by atoms with Gasteiger partial charge in [-0.15, -0.1) is 0 Å². The van der Waals surface area contributed by atoms with Crippen molar-refractivity contribution in [3.8, 4) is 0 Å². The lowest BCUT2D eigenvalue weighted by atomic mass is 10.1. The van der Waals surface area contributed by atoms with Gasteiger partial charge in [-0.05, 0) is 17.7 Å². The molecule has 1 aliphatic heterocycles. The maximum Gasteiger partial charge on any atom is 0.255 e. The molecule has 0 atom stereocenters. The highest BCUT2D eigenvalue weighted by Gasteiger charge is 2.23. The van der Waals surface area contributed by atoms with Crippen molar-refractivity contribution in [2.24, 2.45) is 0 Å². The number of aromatic amines is 1. The second-order valence-corrected chi connectivity index (χ2v) is 6.02. The number of pyridine rings is 1. The first-order valence-electron chi connectivity index (χ1n) is 7.57. The molecule has 1 aliphatic rings. The molecule has 23 heavy (non-hydrogen) atoms. The van der Waals surface area contributed by atoms with Crippen molar-refractivity contribution in [1.29, 1.82) is 0 Å². The molecule has 5 nitrogen and oxygen atoms in total. The van der Waals surface area contributed by atoms with Crippen molar-refractivity contribution in [1.82, 2.24) is 14.8 Å². The number of H-pyrrole nitrogens is 1. The Labute approximate surface area is 139 Å². The Morgan fingerprint density at radius 1 is 1.09 bits per heavy atom. The molecular weight excluding hydrogens is 314 g/mol. The minimum absolute atomic E-state index is 0.0145. The molecule has 0 spiro atoms. The van der Waals surface area contributed by atoms with Gasteiger partial charge in [0.1, 0.15) is 0 Å². The standard InChI is InChI=1S/C17H18ClN3O2/c18-15-4-2-1-3-14(15)17(23)21-9-7-20(8-10-21)12-13-5-6-16(22)19-11-13/h1-6,11H,7-10,12H2,(H,19,22). The zero-order valence-electron chi connectivity index (χ0n) is 12.7. The summed E-state index contributed by atoms with van der Waals surface area (Å²) >= 11 is 6.10.